The van der Waals surface area contributed by atoms with Crippen LogP contribution in [-0.4, -0.2) is 43.8 Å². The van der Waals surface area contributed by atoms with E-state index < -0.39 is 31.4 Å². The van der Waals surface area contributed by atoms with Crippen molar-refractivity contribution in [3.8, 4) is 16.3 Å². The minimum Gasteiger partial charge on any atom is -0.505 e. The Bertz CT molecular complexity index is 1660. The van der Waals surface area contributed by atoms with E-state index in [2.05, 4.69) is 19.5 Å². The Labute approximate surface area is 216 Å². The number of aromatic hydroxyl groups is 1. The van der Waals surface area contributed by atoms with Crippen LogP contribution in [0.25, 0.3) is 10.6 Å². The third-order valence-corrected chi connectivity index (χ3v) is 8.28. The minimum absolute atomic E-state index is 0.0277. The van der Waals surface area contributed by atoms with Crippen LogP contribution in [0.3, 0.4) is 0 Å². The summed E-state index contributed by atoms with van der Waals surface area (Å²) in [6, 6.07) is 7.06. The van der Waals surface area contributed by atoms with E-state index >= 15 is 0 Å². The van der Waals surface area contributed by atoms with E-state index in [1.54, 1.807) is 12.1 Å². The van der Waals surface area contributed by atoms with Crippen LogP contribution in [0.5, 0.6) is 5.75 Å². The maximum absolute atomic E-state index is 13.3. The van der Waals surface area contributed by atoms with Crippen LogP contribution >= 0.6 is 22.9 Å². The number of aryl methyl sites for hydroxylation is 1. The largest absolute Gasteiger partial charge is 0.505 e. The second-order valence-electron chi connectivity index (χ2n) is 8.51. The van der Waals surface area contributed by atoms with Crippen molar-refractivity contribution in [2.45, 2.75) is 31.7 Å². The monoisotopic (exact) mass is 571 g/mol. The first-order chi connectivity index (χ1) is 16.7. The zero-order valence-electron chi connectivity index (χ0n) is 19.3. The Hall–Kier alpha value is -2.94. The van der Waals surface area contributed by atoms with Gasteiger partial charge in [-0.15, -0.1) is 15.7 Å². The molecule has 0 aliphatic carbocycles. The van der Waals surface area contributed by atoms with Gasteiger partial charge in [-0.05, 0) is 42.7 Å². The zero-order valence-corrected chi connectivity index (χ0v) is 22.5. The summed E-state index contributed by atoms with van der Waals surface area (Å²) in [5.41, 5.74) is -0.935. The molecule has 192 valence electrons. The number of amidine groups is 1. The van der Waals surface area contributed by atoms with Crippen molar-refractivity contribution < 1.29 is 21.9 Å². The lowest BCUT2D eigenvalue weighted by Crippen LogP contribution is -2.34. The van der Waals surface area contributed by atoms with Crippen LogP contribution < -0.4 is 15.6 Å². The molecule has 1 aromatic carbocycles. The second kappa shape index (κ2) is 9.50. The van der Waals surface area contributed by atoms with Gasteiger partial charge in [0.1, 0.15) is 16.2 Å². The molecule has 3 N–H and O–H groups in total. The number of nitrogens with zero attached hydrogens (tertiary/aromatic N) is 3. The number of anilines is 2. The van der Waals surface area contributed by atoms with Gasteiger partial charge in [0.2, 0.25) is 10.0 Å². The molecule has 0 unspecified atom stereocenters. The molecule has 3 heterocycles. The van der Waals surface area contributed by atoms with E-state index in [0.717, 1.165) is 23.7 Å². The number of hydrogen-bond acceptors (Lipinski definition) is 9. The predicted octanol–water partition coefficient (Wildman–Crippen LogP) is 3.31. The van der Waals surface area contributed by atoms with E-state index in [1.807, 2.05) is 13.8 Å². The number of nitrogens with one attached hydrogen (secondary N) is 2. The lowest BCUT2D eigenvalue weighted by molar-refractivity contribution is 0.444. The second-order valence-corrected chi connectivity index (χ2v) is 13.5. The van der Waals surface area contributed by atoms with Gasteiger partial charge in [0, 0.05) is 12.2 Å². The quantitative estimate of drug-likeness (QED) is 0.389. The summed E-state index contributed by atoms with van der Waals surface area (Å²) in [5, 5.41) is 18.2. The Morgan fingerprint density at radius 1 is 1.25 bits per heavy atom. The molecule has 0 fully saturated rings. The molecule has 0 saturated heterocycles. The molecule has 0 spiro atoms. The predicted molar refractivity (Wildman–Crippen MR) is 140 cm³/mol. The van der Waals surface area contributed by atoms with Gasteiger partial charge in [-0.2, -0.15) is 13.5 Å². The molecular weight excluding hydrogens is 550 g/mol. The first-order valence-electron chi connectivity index (χ1n) is 10.6. The fourth-order valence-corrected chi connectivity index (χ4v) is 6.19. The van der Waals surface area contributed by atoms with E-state index in [4.69, 9.17) is 11.6 Å². The molecule has 15 heteroatoms. The van der Waals surface area contributed by atoms with Crippen molar-refractivity contribution in [1.82, 2.24) is 9.78 Å². The Morgan fingerprint density at radius 2 is 1.97 bits per heavy atom. The smallest absolute Gasteiger partial charge is 0.286 e. The molecule has 4 rings (SSSR count). The highest BCUT2D eigenvalue weighted by Gasteiger charge is 2.31. The van der Waals surface area contributed by atoms with Crippen molar-refractivity contribution in [2.75, 3.05) is 16.3 Å². The molecule has 0 saturated carbocycles. The first-order valence-corrected chi connectivity index (χ1v) is 15.1. The van der Waals surface area contributed by atoms with Crippen LogP contribution in [0.2, 0.25) is 4.34 Å². The lowest BCUT2D eigenvalue weighted by Gasteiger charge is -2.20. The number of thiophene rings is 1. The average Bonchev–Trinajstić information content (AvgIpc) is 3.18. The van der Waals surface area contributed by atoms with Crippen LogP contribution in [0.1, 0.15) is 25.8 Å². The number of aromatic nitrogens is 2. The fraction of sp³-hybridized carbons (Fsp3) is 0.286. The molecule has 0 bridgehead atoms. The topological polar surface area (TPSA) is 160 Å². The summed E-state index contributed by atoms with van der Waals surface area (Å²) in [7, 11) is -8.02. The molecule has 2 aromatic heterocycles. The molecular formula is C21H22ClN5O6S3. The highest BCUT2D eigenvalue weighted by Crippen LogP contribution is 2.37. The maximum atomic E-state index is 13.3. The van der Waals surface area contributed by atoms with Crippen molar-refractivity contribution in [3.05, 3.63) is 50.6 Å². The molecule has 11 nitrogen and oxygen atoms in total. The molecule has 0 atom stereocenters. The zero-order chi connectivity index (χ0) is 26.4. The third kappa shape index (κ3) is 5.40. The Morgan fingerprint density at radius 3 is 2.58 bits per heavy atom. The SMILES string of the molecule is CC(C)CCn1nc(-c2ccc(Cl)s2)c(O)c(C2=NS(=O)(=O)c3cc(NS(C)(=O)=O)ccc3N2)c1=O. The number of halogens is 1. The van der Waals surface area contributed by atoms with Crippen LogP contribution in [0.15, 0.2) is 44.4 Å². The first kappa shape index (κ1) is 26.1. The molecule has 36 heavy (non-hydrogen) atoms. The minimum atomic E-state index is -4.37. The lowest BCUT2D eigenvalue weighted by atomic mass is 10.1. The molecule has 1 aliphatic rings. The van der Waals surface area contributed by atoms with Crippen molar-refractivity contribution >= 4 is 60.2 Å². The third-order valence-electron chi connectivity index (χ3n) is 5.12. The maximum Gasteiger partial charge on any atom is 0.286 e. The molecule has 3 aromatic rings. The molecule has 0 amide bonds. The summed E-state index contributed by atoms with van der Waals surface area (Å²) in [6.45, 7) is 4.19. The number of hydrogen-bond donors (Lipinski definition) is 3. The Kier molecular flexibility index (Phi) is 6.90. The summed E-state index contributed by atoms with van der Waals surface area (Å²) >= 11 is 7.19. The summed E-state index contributed by atoms with van der Waals surface area (Å²) < 4.78 is 56.7. The summed E-state index contributed by atoms with van der Waals surface area (Å²) in [6.07, 6.45) is 1.54. The van der Waals surface area contributed by atoms with Crippen LogP contribution in [0.4, 0.5) is 11.4 Å². The normalized spacial score (nSPS) is 14.8. The van der Waals surface area contributed by atoms with Crippen molar-refractivity contribution in [1.29, 1.82) is 0 Å². The van der Waals surface area contributed by atoms with Gasteiger partial charge in [0.15, 0.2) is 11.6 Å². The number of fused-ring (bicyclic) bond motifs is 1. The van der Waals surface area contributed by atoms with E-state index in [0.29, 0.717) is 15.6 Å². The van der Waals surface area contributed by atoms with Gasteiger partial charge in [0.25, 0.3) is 15.6 Å². The van der Waals surface area contributed by atoms with Crippen molar-refractivity contribution in [2.24, 2.45) is 10.3 Å². The van der Waals surface area contributed by atoms with Gasteiger partial charge in [-0.1, -0.05) is 25.4 Å². The van der Waals surface area contributed by atoms with E-state index in [-0.39, 0.29) is 45.8 Å². The van der Waals surface area contributed by atoms with Crippen molar-refractivity contribution in [3.63, 3.8) is 0 Å². The standard InChI is InChI=1S/C21H22ClN5O6S3/c1-11(2)8-9-27-21(29)17(19(28)18(24-27)14-6-7-16(22)34-14)20-23-13-5-4-12(25-35(3,30)31)10-15(13)36(32,33)26-20/h4-7,10-11,25,28H,8-9H2,1-3H3,(H,23,26). The number of rotatable bonds is 7. The fourth-order valence-electron chi connectivity index (χ4n) is 3.46. The Balaban J connectivity index is 1.88. The van der Waals surface area contributed by atoms with Gasteiger partial charge in [0.05, 0.1) is 21.2 Å². The average molecular weight is 572 g/mol. The molecule has 1 aliphatic heterocycles. The molecule has 0 radical (unpaired) electrons. The summed E-state index contributed by atoms with van der Waals surface area (Å²) in [5.74, 6) is -0.666. The highest BCUT2D eigenvalue weighted by atomic mass is 35.5. The van der Waals surface area contributed by atoms with Gasteiger partial charge in [-0.25, -0.2) is 13.1 Å². The van der Waals surface area contributed by atoms with Gasteiger partial charge in [-0.3, -0.25) is 9.52 Å². The highest BCUT2D eigenvalue weighted by molar-refractivity contribution is 7.92. The van der Waals surface area contributed by atoms with Crippen LogP contribution in [0, 0.1) is 5.92 Å². The van der Waals surface area contributed by atoms with E-state index in [1.165, 1.54) is 16.8 Å². The summed E-state index contributed by atoms with van der Waals surface area (Å²) in [4.78, 5) is 13.5. The van der Waals surface area contributed by atoms with Crippen LogP contribution in [-0.2, 0) is 26.6 Å². The van der Waals surface area contributed by atoms with Gasteiger partial charge >= 0.3 is 0 Å². The number of sulfonamides is 2. The number of benzene rings is 1. The van der Waals surface area contributed by atoms with Gasteiger partial charge < -0.3 is 10.4 Å². The van der Waals surface area contributed by atoms with E-state index in [9.17, 15) is 26.7 Å².